The minimum Gasteiger partial charge on any atom is -0.496 e. The van der Waals surface area contributed by atoms with E-state index >= 15 is 0 Å². The summed E-state index contributed by atoms with van der Waals surface area (Å²) < 4.78 is 48.8. The highest BCUT2D eigenvalue weighted by Gasteiger charge is 2.16. The lowest BCUT2D eigenvalue weighted by molar-refractivity contribution is 0.306. The molecule has 5 aromatic rings. The van der Waals surface area contributed by atoms with Gasteiger partial charge in [0.05, 0.1) is 34.1 Å². The molecule has 2 heterocycles. The fraction of sp³-hybridized carbons (Fsp3) is 0.281. The standard InChI is InChI=1S/C32H33ClFN5O4S2/c1-3-12-45(40,41)13-11-35-10-9-31-39-28(19-44-31)24-16-25-27(17-30(24)42-2)36-20-37-32(25)38-23-7-8-29(26(33)15-23)43-18-21-5-4-6-22(34)14-21/h4-8,14-17,19-20,35H,3,9-13,18H2,1-2H3,(H,36,37,38). The maximum absolute atomic E-state index is 13.5. The summed E-state index contributed by atoms with van der Waals surface area (Å²) in [7, 11) is -1.40. The molecule has 0 fully saturated rings. The quantitative estimate of drug-likeness (QED) is 0.116. The first-order chi connectivity index (χ1) is 21.7. The van der Waals surface area contributed by atoms with Crippen LogP contribution < -0.4 is 20.1 Å². The summed E-state index contributed by atoms with van der Waals surface area (Å²) >= 11 is 8.05. The molecule has 0 unspecified atom stereocenters. The molecule has 0 atom stereocenters. The summed E-state index contributed by atoms with van der Waals surface area (Å²) in [6, 6.07) is 15.3. The lowest BCUT2D eigenvalue weighted by atomic mass is 10.1. The van der Waals surface area contributed by atoms with Crippen molar-refractivity contribution in [3.05, 3.63) is 87.7 Å². The Morgan fingerprint density at radius 2 is 1.89 bits per heavy atom. The van der Waals surface area contributed by atoms with Gasteiger partial charge in [-0.25, -0.2) is 27.8 Å². The fourth-order valence-electron chi connectivity index (χ4n) is 4.68. The van der Waals surface area contributed by atoms with Gasteiger partial charge in [0.2, 0.25) is 0 Å². The Morgan fingerprint density at radius 3 is 2.67 bits per heavy atom. The van der Waals surface area contributed by atoms with Crippen molar-refractivity contribution in [2.75, 3.05) is 37.0 Å². The monoisotopic (exact) mass is 669 g/mol. The number of benzene rings is 3. The molecule has 0 saturated carbocycles. The zero-order valence-corrected chi connectivity index (χ0v) is 27.2. The van der Waals surface area contributed by atoms with E-state index in [9.17, 15) is 12.8 Å². The Bertz CT molecular complexity index is 1890. The number of hydrogen-bond donors (Lipinski definition) is 2. The molecular weight excluding hydrogens is 637 g/mol. The van der Waals surface area contributed by atoms with Crippen LogP contribution in [-0.2, 0) is 22.9 Å². The van der Waals surface area contributed by atoms with Crippen molar-refractivity contribution in [2.45, 2.75) is 26.4 Å². The summed E-state index contributed by atoms with van der Waals surface area (Å²) in [6.07, 6.45) is 2.78. The number of rotatable bonds is 15. The smallest absolute Gasteiger partial charge is 0.151 e. The molecule has 0 saturated heterocycles. The van der Waals surface area contributed by atoms with Crippen LogP contribution in [0.2, 0.25) is 5.02 Å². The highest BCUT2D eigenvalue weighted by molar-refractivity contribution is 7.91. The van der Waals surface area contributed by atoms with Gasteiger partial charge in [0, 0.05) is 53.3 Å². The van der Waals surface area contributed by atoms with Gasteiger partial charge in [-0.05, 0) is 48.4 Å². The van der Waals surface area contributed by atoms with Crippen LogP contribution in [0.4, 0.5) is 15.9 Å². The minimum absolute atomic E-state index is 0.136. The summed E-state index contributed by atoms with van der Waals surface area (Å²) in [5.41, 5.74) is 3.64. The van der Waals surface area contributed by atoms with Crippen LogP contribution in [0.5, 0.6) is 11.5 Å². The van der Waals surface area contributed by atoms with Gasteiger partial charge in [0.15, 0.2) is 9.84 Å². The number of thiazole rings is 1. The number of nitrogens with zero attached hydrogens (tertiary/aromatic N) is 3. The number of sulfone groups is 1. The van der Waals surface area contributed by atoms with Gasteiger partial charge < -0.3 is 20.1 Å². The lowest BCUT2D eigenvalue weighted by Crippen LogP contribution is -2.26. The summed E-state index contributed by atoms with van der Waals surface area (Å²) in [6.45, 7) is 3.10. The highest BCUT2D eigenvalue weighted by atomic mass is 35.5. The number of halogens is 2. The largest absolute Gasteiger partial charge is 0.496 e. The molecule has 0 radical (unpaired) electrons. The summed E-state index contributed by atoms with van der Waals surface area (Å²) in [4.78, 5) is 13.7. The number of ether oxygens (including phenoxy) is 2. The minimum atomic E-state index is -3.00. The molecule has 0 spiro atoms. The third-order valence-electron chi connectivity index (χ3n) is 6.88. The lowest BCUT2D eigenvalue weighted by Gasteiger charge is -2.13. The maximum atomic E-state index is 13.5. The van der Waals surface area contributed by atoms with Gasteiger partial charge in [-0.15, -0.1) is 11.3 Å². The van der Waals surface area contributed by atoms with Crippen molar-refractivity contribution in [1.29, 1.82) is 0 Å². The van der Waals surface area contributed by atoms with E-state index in [0.717, 1.165) is 21.7 Å². The molecule has 2 N–H and O–H groups in total. The highest BCUT2D eigenvalue weighted by Crippen LogP contribution is 2.37. The van der Waals surface area contributed by atoms with E-state index in [4.69, 9.17) is 26.1 Å². The third kappa shape index (κ3) is 8.66. The zero-order valence-electron chi connectivity index (χ0n) is 24.8. The third-order valence-corrected chi connectivity index (χ3v) is 9.94. The molecule has 2 aromatic heterocycles. The van der Waals surface area contributed by atoms with Crippen LogP contribution >= 0.6 is 22.9 Å². The van der Waals surface area contributed by atoms with Gasteiger partial charge in [-0.3, -0.25) is 0 Å². The number of methoxy groups -OCH3 is 1. The SMILES string of the molecule is CCCS(=O)(=O)CCNCCc1nc(-c2cc3c(Nc4ccc(OCc5cccc(F)c5)c(Cl)c4)ncnc3cc2OC)cs1. The Morgan fingerprint density at radius 1 is 1.02 bits per heavy atom. The van der Waals surface area contributed by atoms with Crippen LogP contribution in [0, 0.1) is 5.82 Å². The number of hydrogen-bond acceptors (Lipinski definition) is 10. The number of anilines is 2. The van der Waals surface area contributed by atoms with Crippen LogP contribution in [0.3, 0.4) is 0 Å². The zero-order chi connectivity index (χ0) is 31.8. The maximum Gasteiger partial charge on any atom is 0.151 e. The van der Waals surface area contributed by atoms with Gasteiger partial charge in [0.25, 0.3) is 0 Å². The predicted molar refractivity (Wildman–Crippen MR) is 178 cm³/mol. The molecule has 0 aliphatic heterocycles. The van der Waals surface area contributed by atoms with E-state index in [1.807, 2.05) is 30.5 Å². The molecule has 5 rings (SSSR count). The first kappa shape index (κ1) is 32.6. The molecule has 0 amide bonds. The Balaban J connectivity index is 1.29. The number of fused-ring (bicyclic) bond motifs is 1. The molecule has 9 nitrogen and oxygen atoms in total. The van der Waals surface area contributed by atoms with E-state index < -0.39 is 9.84 Å². The number of aromatic nitrogens is 3. The van der Waals surface area contributed by atoms with E-state index in [1.54, 1.807) is 31.4 Å². The second-order valence-electron chi connectivity index (χ2n) is 10.3. The van der Waals surface area contributed by atoms with Crippen LogP contribution in [-0.4, -0.2) is 55.1 Å². The van der Waals surface area contributed by atoms with Crippen molar-refractivity contribution in [3.8, 4) is 22.8 Å². The molecule has 45 heavy (non-hydrogen) atoms. The van der Waals surface area contributed by atoms with Crippen molar-refractivity contribution >= 4 is 55.2 Å². The van der Waals surface area contributed by atoms with Crippen LogP contribution in [0.25, 0.3) is 22.2 Å². The van der Waals surface area contributed by atoms with Crippen molar-refractivity contribution < 1.29 is 22.3 Å². The molecule has 3 aromatic carbocycles. The van der Waals surface area contributed by atoms with Crippen LogP contribution in [0.15, 0.2) is 66.3 Å². The average molecular weight is 670 g/mol. The summed E-state index contributed by atoms with van der Waals surface area (Å²) in [5, 5.41) is 10.6. The van der Waals surface area contributed by atoms with E-state index in [-0.39, 0.29) is 23.9 Å². The van der Waals surface area contributed by atoms with Crippen molar-refractivity contribution in [3.63, 3.8) is 0 Å². The van der Waals surface area contributed by atoms with Gasteiger partial charge >= 0.3 is 0 Å². The first-order valence-electron chi connectivity index (χ1n) is 14.4. The molecule has 0 aliphatic rings. The molecule has 0 aliphatic carbocycles. The Hall–Kier alpha value is -3.84. The first-order valence-corrected chi connectivity index (χ1v) is 17.4. The van der Waals surface area contributed by atoms with Gasteiger partial charge in [-0.2, -0.15) is 0 Å². The Labute approximate surface area is 270 Å². The molecule has 236 valence electrons. The fourth-order valence-corrected chi connectivity index (χ4v) is 7.00. The van der Waals surface area contributed by atoms with E-state index in [0.29, 0.717) is 65.0 Å². The van der Waals surface area contributed by atoms with Gasteiger partial charge in [-0.1, -0.05) is 30.7 Å². The Kier molecular flexibility index (Phi) is 10.8. The number of nitrogens with one attached hydrogen (secondary N) is 2. The van der Waals surface area contributed by atoms with Crippen LogP contribution in [0.1, 0.15) is 23.9 Å². The van der Waals surface area contributed by atoms with Gasteiger partial charge in [0.1, 0.15) is 36.1 Å². The average Bonchev–Trinajstić information content (AvgIpc) is 3.49. The second kappa shape index (κ2) is 15.0. The van der Waals surface area contributed by atoms with E-state index in [1.165, 1.54) is 29.8 Å². The van der Waals surface area contributed by atoms with Crippen molar-refractivity contribution in [2.24, 2.45) is 0 Å². The van der Waals surface area contributed by atoms with Crippen molar-refractivity contribution in [1.82, 2.24) is 20.3 Å². The molecule has 0 bridgehead atoms. The second-order valence-corrected chi connectivity index (χ2v) is 13.9. The normalized spacial score (nSPS) is 11.6. The molecular formula is C32H33ClFN5O4S2. The predicted octanol–water partition coefficient (Wildman–Crippen LogP) is 6.83. The molecule has 13 heteroatoms. The summed E-state index contributed by atoms with van der Waals surface area (Å²) in [5.74, 6) is 1.71. The topological polar surface area (TPSA) is 115 Å². The van der Waals surface area contributed by atoms with E-state index in [2.05, 4.69) is 20.6 Å².